The molecule has 1 saturated carbocycles. The molecule has 5 nitrogen and oxygen atoms in total. The molecule has 6 heteroatoms. The predicted molar refractivity (Wildman–Crippen MR) is 79.3 cm³/mol. The summed E-state index contributed by atoms with van der Waals surface area (Å²) in [7, 11) is -2.94. The molecule has 20 heavy (non-hydrogen) atoms. The smallest absolute Gasteiger partial charge is 0.225 e. The number of carbonyl (C=O) groups excluding carboxylic acids is 1. The van der Waals surface area contributed by atoms with Crippen LogP contribution in [0.1, 0.15) is 32.6 Å². The standard InChI is InChI=1S/C14H26N2O3S/c1-12(11-20(2,18)19)15-7-4-8-16(10-9-15)14(17)13-5-3-6-13/h12-13H,3-11H2,1-2H3/t12-/m0/s1. The molecule has 0 radical (unpaired) electrons. The van der Waals surface area contributed by atoms with Crippen LogP contribution in [0.5, 0.6) is 0 Å². The molecular weight excluding hydrogens is 276 g/mol. The monoisotopic (exact) mass is 302 g/mol. The Morgan fingerprint density at radius 1 is 1.15 bits per heavy atom. The first kappa shape index (κ1) is 15.8. The molecule has 116 valence electrons. The first-order valence-corrected chi connectivity index (χ1v) is 9.63. The Morgan fingerprint density at radius 2 is 1.85 bits per heavy atom. The molecule has 0 unspecified atom stereocenters. The van der Waals surface area contributed by atoms with Crippen molar-refractivity contribution in [1.82, 2.24) is 9.80 Å². The molecular formula is C14H26N2O3S. The van der Waals surface area contributed by atoms with Crippen LogP contribution in [0.2, 0.25) is 0 Å². The number of nitrogens with zero attached hydrogens (tertiary/aromatic N) is 2. The maximum Gasteiger partial charge on any atom is 0.225 e. The van der Waals surface area contributed by atoms with Crippen LogP contribution in [0.25, 0.3) is 0 Å². The van der Waals surface area contributed by atoms with Crippen LogP contribution in [-0.2, 0) is 14.6 Å². The molecule has 1 aliphatic heterocycles. The number of carbonyl (C=O) groups is 1. The highest BCUT2D eigenvalue weighted by Gasteiger charge is 2.31. The maximum atomic E-state index is 12.2. The zero-order chi connectivity index (χ0) is 14.8. The third kappa shape index (κ3) is 4.19. The van der Waals surface area contributed by atoms with Gasteiger partial charge < -0.3 is 4.90 Å². The summed E-state index contributed by atoms with van der Waals surface area (Å²) in [5.41, 5.74) is 0. The van der Waals surface area contributed by atoms with E-state index >= 15 is 0 Å². The highest BCUT2D eigenvalue weighted by Crippen LogP contribution is 2.28. The van der Waals surface area contributed by atoms with Crippen LogP contribution in [-0.4, -0.2) is 68.4 Å². The Morgan fingerprint density at radius 3 is 2.40 bits per heavy atom. The van der Waals surface area contributed by atoms with Crippen molar-refractivity contribution in [2.75, 3.05) is 38.2 Å². The van der Waals surface area contributed by atoms with Gasteiger partial charge in [0.05, 0.1) is 5.75 Å². The Labute approximate surface area is 122 Å². The predicted octanol–water partition coefficient (Wildman–Crippen LogP) is 0.754. The molecule has 0 aromatic rings. The Kier molecular flexibility index (Phi) is 5.07. The fourth-order valence-corrected chi connectivity index (χ4v) is 4.14. The van der Waals surface area contributed by atoms with Gasteiger partial charge in [0, 0.05) is 44.4 Å². The number of sulfone groups is 1. The highest BCUT2D eigenvalue weighted by atomic mass is 32.2. The van der Waals surface area contributed by atoms with Crippen LogP contribution in [0, 0.1) is 5.92 Å². The van der Waals surface area contributed by atoms with Crippen molar-refractivity contribution in [3.63, 3.8) is 0 Å². The normalized spacial score (nSPS) is 24.0. The summed E-state index contributed by atoms with van der Waals surface area (Å²) in [5.74, 6) is 0.771. The van der Waals surface area contributed by atoms with E-state index in [1.165, 1.54) is 12.7 Å². The zero-order valence-electron chi connectivity index (χ0n) is 12.5. The molecule has 0 bridgehead atoms. The van der Waals surface area contributed by atoms with Crippen LogP contribution in [0.15, 0.2) is 0 Å². The first-order chi connectivity index (χ1) is 9.37. The van der Waals surface area contributed by atoms with Crippen molar-refractivity contribution in [2.24, 2.45) is 5.92 Å². The molecule has 0 N–H and O–H groups in total. The maximum absolute atomic E-state index is 12.2. The van der Waals surface area contributed by atoms with E-state index < -0.39 is 9.84 Å². The number of rotatable bonds is 4. The Hall–Kier alpha value is -0.620. The van der Waals surface area contributed by atoms with E-state index in [1.54, 1.807) is 0 Å². The molecule has 1 saturated heterocycles. The third-order valence-electron chi connectivity index (χ3n) is 4.46. The summed E-state index contributed by atoms with van der Waals surface area (Å²) in [4.78, 5) is 16.4. The highest BCUT2D eigenvalue weighted by molar-refractivity contribution is 7.90. The molecule has 1 atom stereocenters. The van der Waals surface area contributed by atoms with E-state index in [4.69, 9.17) is 0 Å². The van der Waals surface area contributed by atoms with Crippen LogP contribution < -0.4 is 0 Å². The molecule has 0 aromatic heterocycles. The number of hydrogen-bond acceptors (Lipinski definition) is 4. The Bertz CT molecular complexity index is 445. The molecule has 2 fully saturated rings. The van der Waals surface area contributed by atoms with Crippen molar-refractivity contribution in [2.45, 2.75) is 38.6 Å². The minimum Gasteiger partial charge on any atom is -0.341 e. The lowest BCUT2D eigenvalue weighted by Gasteiger charge is -2.31. The molecule has 2 aliphatic rings. The molecule has 1 heterocycles. The van der Waals surface area contributed by atoms with E-state index in [1.807, 2.05) is 11.8 Å². The van der Waals surface area contributed by atoms with Gasteiger partial charge in [0.1, 0.15) is 9.84 Å². The van der Waals surface area contributed by atoms with Gasteiger partial charge in [-0.1, -0.05) is 6.42 Å². The second-order valence-electron chi connectivity index (χ2n) is 6.28. The zero-order valence-corrected chi connectivity index (χ0v) is 13.4. The third-order valence-corrected chi connectivity index (χ3v) is 5.55. The summed E-state index contributed by atoms with van der Waals surface area (Å²) >= 11 is 0. The van der Waals surface area contributed by atoms with E-state index in [0.717, 1.165) is 45.4 Å². The number of hydrogen-bond donors (Lipinski definition) is 0. The van der Waals surface area contributed by atoms with Crippen LogP contribution in [0.4, 0.5) is 0 Å². The van der Waals surface area contributed by atoms with Gasteiger partial charge in [-0.15, -0.1) is 0 Å². The van der Waals surface area contributed by atoms with E-state index in [9.17, 15) is 13.2 Å². The quantitative estimate of drug-likeness (QED) is 0.769. The minimum absolute atomic E-state index is 0.0313. The van der Waals surface area contributed by atoms with E-state index in [0.29, 0.717) is 5.91 Å². The van der Waals surface area contributed by atoms with Crippen molar-refractivity contribution < 1.29 is 13.2 Å². The minimum atomic E-state index is -2.94. The molecule has 0 spiro atoms. The van der Waals surface area contributed by atoms with Gasteiger partial charge in [-0.2, -0.15) is 0 Å². The van der Waals surface area contributed by atoms with Crippen molar-refractivity contribution in [1.29, 1.82) is 0 Å². The van der Waals surface area contributed by atoms with E-state index in [2.05, 4.69) is 4.90 Å². The SMILES string of the molecule is C[C@@H](CS(C)(=O)=O)N1CCCN(C(=O)C2CCC2)CC1. The van der Waals surface area contributed by atoms with E-state index in [-0.39, 0.29) is 17.7 Å². The molecule has 1 aliphatic carbocycles. The fraction of sp³-hybridized carbons (Fsp3) is 0.929. The summed E-state index contributed by atoms with van der Waals surface area (Å²) in [6.07, 6.45) is 5.50. The van der Waals surface area contributed by atoms with Gasteiger partial charge in [-0.25, -0.2) is 8.42 Å². The van der Waals surface area contributed by atoms with Gasteiger partial charge in [0.15, 0.2) is 0 Å². The lowest BCUT2D eigenvalue weighted by atomic mass is 9.84. The molecule has 2 rings (SSSR count). The largest absolute Gasteiger partial charge is 0.341 e. The lowest BCUT2D eigenvalue weighted by Crippen LogP contribution is -2.43. The second-order valence-corrected chi connectivity index (χ2v) is 8.47. The summed E-state index contributed by atoms with van der Waals surface area (Å²) in [6, 6.07) is 0.0313. The molecule has 1 amide bonds. The summed E-state index contributed by atoms with van der Waals surface area (Å²) in [6.45, 7) is 5.19. The van der Waals surface area contributed by atoms with Gasteiger partial charge in [-0.05, 0) is 26.2 Å². The Balaban J connectivity index is 1.86. The van der Waals surface area contributed by atoms with Gasteiger partial charge in [0.25, 0.3) is 0 Å². The fourth-order valence-electron chi connectivity index (χ4n) is 3.06. The number of amides is 1. The topological polar surface area (TPSA) is 57.7 Å². The lowest BCUT2D eigenvalue weighted by molar-refractivity contribution is -0.138. The summed E-state index contributed by atoms with van der Waals surface area (Å²) < 4.78 is 22.8. The van der Waals surface area contributed by atoms with Crippen LogP contribution >= 0.6 is 0 Å². The van der Waals surface area contributed by atoms with Crippen molar-refractivity contribution in [3.8, 4) is 0 Å². The second kappa shape index (κ2) is 6.43. The average molecular weight is 302 g/mol. The van der Waals surface area contributed by atoms with Gasteiger partial charge in [0.2, 0.25) is 5.91 Å². The first-order valence-electron chi connectivity index (χ1n) is 7.57. The average Bonchev–Trinajstić information content (AvgIpc) is 2.49. The van der Waals surface area contributed by atoms with Crippen molar-refractivity contribution >= 4 is 15.7 Å². The van der Waals surface area contributed by atoms with Crippen molar-refractivity contribution in [3.05, 3.63) is 0 Å². The van der Waals surface area contributed by atoms with Crippen LogP contribution in [0.3, 0.4) is 0 Å². The van der Waals surface area contributed by atoms with Gasteiger partial charge >= 0.3 is 0 Å². The van der Waals surface area contributed by atoms with Gasteiger partial charge in [-0.3, -0.25) is 9.69 Å². The molecule has 0 aromatic carbocycles. The summed E-state index contributed by atoms with van der Waals surface area (Å²) in [5, 5.41) is 0.